The molecule has 2 fully saturated rings. The smallest absolute Gasteiger partial charge is 0.223 e. The molecule has 1 saturated heterocycles. The zero-order chi connectivity index (χ0) is 18.2. The molecule has 0 spiro atoms. The molecule has 1 saturated carbocycles. The first kappa shape index (κ1) is 22.3. The Morgan fingerprint density at radius 3 is 2.70 bits per heavy atom. The molecule has 2 N–H and O–H groups in total. The molecule has 1 amide bonds. The third kappa shape index (κ3) is 7.52. The number of hydrogen-bond acceptors (Lipinski definition) is 3. The number of rotatable bonds is 8. The van der Waals surface area contributed by atoms with E-state index >= 15 is 0 Å². The highest BCUT2D eigenvalue weighted by Gasteiger charge is 2.29. The number of nitrogens with one attached hydrogen (secondary N) is 2. The highest BCUT2D eigenvalue weighted by atomic mass is 127. The summed E-state index contributed by atoms with van der Waals surface area (Å²) in [4.78, 5) is 20.1. The van der Waals surface area contributed by atoms with Crippen LogP contribution in [0.5, 0.6) is 0 Å². The zero-order valence-electron chi connectivity index (χ0n) is 16.0. The Bertz CT molecular complexity index is 609. The van der Waals surface area contributed by atoms with Gasteiger partial charge in [0.25, 0.3) is 0 Å². The predicted octanol–water partition coefficient (Wildman–Crippen LogP) is 3.21. The second-order valence-electron chi connectivity index (χ2n) is 7.03. The number of carbonyl (C=O) groups excluding carboxylic acids is 1. The summed E-state index contributed by atoms with van der Waals surface area (Å²) in [7, 11) is 0. The normalized spacial score (nSPS) is 19.5. The van der Waals surface area contributed by atoms with Gasteiger partial charge in [-0.1, -0.05) is 18.2 Å². The summed E-state index contributed by atoms with van der Waals surface area (Å²) in [6.07, 6.45) is 3.31. The van der Waals surface area contributed by atoms with Crippen LogP contribution < -0.4 is 10.6 Å². The molecule has 27 heavy (non-hydrogen) atoms. The number of guanidine groups is 1. The van der Waals surface area contributed by atoms with E-state index in [9.17, 15) is 4.79 Å². The third-order valence-electron chi connectivity index (χ3n) is 4.77. The van der Waals surface area contributed by atoms with Crippen LogP contribution in [-0.4, -0.2) is 55.2 Å². The maximum absolute atomic E-state index is 11.7. The first-order valence-corrected chi connectivity index (χ1v) is 10.7. The summed E-state index contributed by atoms with van der Waals surface area (Å²) in [5.41, 5.74) is 0. The number of likely N-dealkylation sites (tertiary alicyclic amines) is 1. The summed E-state index contributed by atoms with van der Waals surface area (Å²) >= 11 is 1.94. The fourth-order valence-electron chi connectivity index (χ4n) is 3.15. The van der Waals surface area contributed by atoms with Crippen molar-refractivity contribution >= 4 is 47.6 Å². The van der Waals surface area contributed by atoms with Gasteiger partial charge in [-0.25, -0.2) is 0 Å². The van der Waals surface area contributed by atoms with Gasteiger partial charge in [-0.15, -0.1) is 35.7 Å². The topological polar surface area (TPSA) is 56.7 Å². The Morgan fingerprint density at radius 1 is 1.22 bits per heavy atom. The summed E-state index contributed by atoms with van der Waals surface area (Å²) < 4.78 is 0. The van der Waals surface area contributed by atoms with E-state index in [0.717, 1.165) is 44.2 Å². The van der Waals surface area contributed by atoms with Gasteiger partial charge in [-0.05, 0) is 44.2 Å². The maximum Gasteiger partial charge on any atom is 0.223 e. The molecule has 1 aliphatic heterocycles. The van der Waals surface area contributed by atoms with Crippen molar-refractivity contribution in [3.63, 3.8) is 0 Å². The number of thioether (sulfide) groups is 1. The summed E-state index contributed by atoms with van der Waals surface area (Å²) in [5.74, 6) is 3.30. The maximum atomic E-state index is 11.7. The molecule has 1 atom stereocenters. The minimum Gasteiger partial charge on any atom is -0.357 e. The molecular formula is C20H31IN4OS. The van der Waals surface area contributed by atoms with Crippen LogP contribution in [0.3, 0.4) is 0 Å². The van der Waals surface area contributed by atoms with E-state index in [-0.39, 0.29) is 35.8 Å². The Kier molecular flexibility index (Phi) is 9.75. The van der Waals surface area contributed by atoms with Crippen LogP contribution in [0, 0.1) is 11.8 Å². The second kappa shape index (κ2) is 11.8. The molecule has 7 heteroatoms. The van der Waals surface area contributed by atoms with Crippen LogP contribution in [0.2, 0.25) is 0 Å². The van der Waals surface area contributed by atoms with Gasteiger partial charge in [0.1, 0.15) is 0 Å². The lowest BCUT2D eigenvalue weighted by atomic mass is 10.2. The average Bonchev–Trinajstić information content (AvgIpc) is 3.42. The van der Waals surface area contributed by atoms with Crippen LogP contribution in [0.15, 0.2) is 40.2 Å². The molecule has 0 aromatic heterocycles. The molecule has 1 heterocycles. The average molecular weight is 502 g/mol. The minimum atomic E-state index is 0. The standard InChI is InChI=1S/C20H30N4OS.HI/c1-2-21-20(23-12-11-22-19(25)17-8-9-17)24-13-10-16(14-24)15-26-18-6-4-3-5-7-18;/h3-7,16-17H,2,8-15H2,1H3,(H,21,23)(H,22,25);1H. The Hall–Kier alpha value is -0.960. The number of hydrogen-bond donors (Lipinski definition) is 2. The van der Waals surface area contributed by atoms with Crippen molar-refractivity contribution in [2.45, 2.75) is 31.1 Å². The van der Waals surface area contributed by atoms with Gasteiger partial charge >= 0.3 is 0 Å². The van der Waals surface area contributed by atoms with Crippen molar-refractivity contribution in [1.29, 1.82) is 0 Å². The van der Waals surface area contributed by atoms with Gasteiger partial charge in [0.15, 0.2) is 5.96 Å². The molecule has 5 nitrogen and oxygen atoms in total. The van der Waals surface area contributed by atoms with Crippen molar-refractivity contribution in [3.8, 4) is 0 Å². The molecule has 1 aromatic rings. The molecule has 0 bridgehead atoms. The van der Waals surface area contributed by atoms with Crippen molar-refractivity contribution in [2.75, 3.05) is 38.5 Å². The molecule has 1 aliphatic carbocycles. The molecule has 1 unspecified atom stereocenters. The Balaban J connectivity index is 0.00000261. The van der Waals surface area contributed by atoms with Crippen molar-refractivity contribution < 1.29 is 4.79 Å². The van der Waals surface area contributed by atoms with Gasteiger partial charge in [0.2, 0.25) is 5.91 Å². The van der Waals surface area contributed by atoms with Crippen molar-refractivity contribution in [2.24, 2.45) is 16.8 Å². The molecular weight excluding hydrogens is 471 g/mol. The molecule has 3 rings (SSSR count). The molecule has 1 aromatic carbocycles. The number of carbonyl (C=O) groups is 1. The van der Waals surface area contributed by atoms with E-state index in [1.54, 1.807) is 0 Å². The van der Waals surface area contributed by atoms with Crippen LogP contribution in [0.4, 0.5) is 0 Å². The van der Waals surface area contributed by atoms with Crippen LogP contribution >= 0.6 is 35.7 Å². The van der Waals surface area contributed by atoms with Gasteiger partial charge in [-0.3, -0.25) is 9.79 Å². The minimum absolute atomic E-state index is 0. The van der Waals surface area contributed by atoms with E-state index < -0.39 is 0 Å². The Morgan fingerprint density at radius 2 is 2.00 bits per heavy atom. The van der Waals surface area contributed by atoms with Crippen molar-refractivity contribution in [1.82, 2.24) is 15.5 Å². The van der Waals surface area contributed by atoms with Gasteiger partial charge in [0.05, 0.1) is 6.54 Å². The first-order chi connectivity index (χ1) is 12.8. The van der Waals surface area contributed by atoms with Crippen LogP contribution in [0.1, 0.15) is 26.2 Å². The van der Waals surface area contributed by atoms with E-state index in [1.165, 1.54) is 11.3 Å². The number of aliphatic imine (C=N–C) groups is 1. The highest BCUT2D eigenvalue weighted by Crippen LogP contribution is 2.28. The van der Waals surface area contributed by atoms with Gasteiger partial charge in [0, 0.05) is 42.7 Å². The summed E-state index contributed by atoms with van der Waals surface area (Å²) in [6.45, 7) is 6.35. The van der Waals surface area contributed by atoms with Crippen molar-refractivity contribution in [3.05, 3.63) is 30.3 Å². The quantitative estimate of drug-likeness (QED) is 0.189. The van der Waals surface area contributed by atoms with E-state index in [4.69, 9.17) is 4.99 Å². The molecule has 2 aliphatic rings. The van der Waals surface area contributed by atoms with E-state index in [2.05, 4.69) is 52.8 Å². The second-order valence-corrected chi connectivity index (χ2v) is 8.12. The number of nitrogens with zero attached hydrogens (tertiary/aromatic N) is 2. The molecule has 150 valence electrons. The number of halogens is 1. The molecule has 0 radical (unpaired) electrons. The lowest BCUT2D eigenvalue weighted by Crippen LogP contribution is -2.40. The number of amides is 1. The summed E-state index contributed by atoms with van der Waals surface area (Å²) in [5, 5.41) is 6.38. The Labute approximate surface area is 184 Å². The number of benzene rings is 1. The lowest BCUT2D eigenvalue weighted by molar-refractivity contribution is -0.122. The largest absolute Gasteiger partial charge is 0.357 e. The monoisotopic (exact) mass is 502 g/mol. The fourth-order valence-corrected chi connectivity index (χ4v) is 4.20. The van der Waals surface area contributed by atoms with E-state index in [0.29, 0.717) is 19.0 Å². The van der Waals surface area contributed by atoms with E-state index in [1.807, 2.05) is 11.8 Å². The van der Waals surface area contributed by atoms with Crippen LogP contribution in [-0.2, 0) is 4.79 Å². The predicted molar refractivity (Wildman–Crippen MR) is 124 cm³/mol. The zero-order valence-corrected chi connectivity index (χ0v) is 19.2. The van der Waals surface area contributed by atoms with Gasteiger partial charge < -0.3 is 15.5 Å². The first-order valence-electron chi connectivity index (χ1n) is 9.75. The lowest BCUT2D eigenvalue weighted by Gasteiger charge is -2.21. The summed E-state index contributed by atoms with van der Waals surface area (Å²) in [6, 6.07) is 10.6. The third-order valence-corrected chi connectivity index (χ3v) is 6.01. The fraction of sp³-hybridized carbons (Fsp3) is 0.600. The van der Waals surface area contributed by atoms with Gasteiger partial charge in [-0.2, -0.15) is 0 Å². The van der Waals surface area contributed by atoms with Crippen LogP contribution in [0.25, 0.3) is 0 Å². The SMILES string of the molecule is CCNC(=NCCNC(=O)C1CC1)N1CCC(CSc2ccccc2)C1.I. The highest BCUT2D eigenvalue weighted by molar-refractivity contribution is 14.0.